The number of benzene rings is 2. The molecule has 0 aliphatic rings. The lowest BCUT2D eigenvalue weighted by Gasteiger charge is -2.05. The second-order valence-electron chi connectivity index (χ2n) is 6.25. The number of para-hydroxylation sites is 1. The molecule has 0 radical (unpaired) electrons. The summed E-state index contributed by atoms with van der Waals surface area (Å²) in [6.07, 6.45) is 0. The maximum absolute atomic E-state index is 12.0. The molecule has 2 aromatic heterocycles. The van der Waals surface area contributed by atoms with E-state index < -0.39 is 11.2 Å². The van der Waals surface area contributed by atoms with Gasteiger partial charge in [0.25, 0.3) is 0 Å². The van der Waals surface area contributed by atoms with Gasteiger partial charge in [-0.1, -0.05) is 36.4 Å². The Balaban J connectivity index is 2.02. The molecule has 0 saturated carbocycles. The van der Waals surface area contributed by atoms with Gasteiger partial charge in [-0.3, -0.25) is 4.79 Å². The lowest BCUT2D eigenvalue weighted by molar-refractivity contribution is 0.405. The van der Waals surface area contributed by atoms with E-state index in [1.165, 1.54) is 12.1 Å². The topological polar surface area (TPSA) is 120 Å². The third kappa shape index (κ3) is 2.88. The zero-order valence-corrected chi connectivity index (χ0v) is 14.8. The number of aromatic amines is 1. The number of aromatic nitrogens is 2. The molecule has 4 N–H and O–H groups in total. The predicted molar refractivity (Wildman–Crippen MR) is 103 cm³/mol. The maximum Gasteiger partial charge on any atom is 0.227 e. The molecule has 7 heteroatoms. The van der Waals surface area contributed by atoms with Gasteiger partial charge in [-0.2, -0.15) is 0 Å². The van der Waals surface area contributed by atoms with Crippen LogP contribution in [0.4, 0.5) is 0 Å². The highest BCUT2D eigenvalue weighted by atomic mass is 16.4. The predicted octanol–water partition coefficient (Wildman–Crippen LogP) is 3.79. The first-order valence-corrected chi connectivity index (χ1v) is 8.46. The Morgan fingerprint density at radius 1 is 0.964 bits per heavy atom. The van der Waals surface area contributed by atoms with Crippen molar-refractivity contribution in [3.8, 4) is 51.3 Å². The van der Waals surface area contributed by atoms with Crippen molar-refractivity contribution in [3.05, 3.63) is 70.6 Å². The van der Waals surface area contributed by atoms with Gasteiger partial charge < -0.3 is 24.7 Å². The molecule has 4 rings (SSSR count). The molecule has 0 amide bonds. The van der Waals surface area contributed by atoms with Crippen molar-refractivity contribution in [1.82, 2.24) is 9.97 Å². The molecule has 2 heterocycles. The van der Waals surface area contributed by atoms with Crippen molar-refractivity contribution >= 4 is 0 Å². The Morgan fingerprint density at radius 2 is 1.71 bits per heavy atom. The first-order valence-electron chi connectivity index (χ1n) is 8.46. The van der Waals surface area contributed by atoms with E-state index in [0.29, 0.717) is 17.0 Å². The quantitative estimate of drug-likeness (QED) is 0.404. The summed E-state index contributed by atoms with van der Waals surface area (Å²) in [6, 6.07) is 14.8. The van der Waals surface area contributed by atoms with Crippen molar-refractivity contribution in [2.24, 2.45) is 0 Å². The molecule has 0 bridgehead atoms. The number of rotatable bonds is 3. The molecule has 7 nitrogen and oxygen atoms in total. The Hall–Kier alpha value is -4.00. The molecular weight excluding hydrogens is 360 g/mol. The van der Waals surface area contributed by atoms with Gasteiger partial charge in [0.2, 0.25) is 11.2 Å². The van der Waals surface area contributed by atoms with E-state index in [1.54, 1.807) is 19.1 Å². The van der Waals surface area contributed by atoms with E-state index in [9.17, 15) is 20.1 Å². The maximum atomic E-state index is 12.0. The molecule has 0 spiro atoms. The summed E-state index contributed by atoms with van der Waals surface area (Å²) in [7, 11) is 0. The minimum Gasteiger partial charge on any atom is -0.504 e. The number of phenols is 2. The van der Waals surface area contributed by atoms with E-state index in [-0.39, 0.29) is 34.3 Å². The van der Waals surface area contributed by atoms with Crippen LogP contribution in [0, 0.1) is 6.92 Å². The van der Waals surface area contributed by atoms with Gasteiger partial charge in [0, 0.05) is 11.6 Å². The fraction of sp³-hybridized carbons (Fsp3) is 0.0476. The van der Waals surface area contributed by atoms with Crippen LogP contribution >= 0.6 is 0 Å². The monoisotopic (exact) mass is 376 g/mol. The standard InChI is InChI=1S/C21H16N2O5/c1-11-10-15(25)19(27)20(28-11)17-16(12-6-3-2-4-7-12)22-21(23-17)13-8-5-9-14(24)18(13)26/h2-10,24,26-27H,1H3,(H,22,23). The third-order valence-electron chi connectivity index (χ3n) is 4.29. The van der Waals surface area contributed by atoms with Crippen molar-refractivity contribution in [3.63, 3.8) is 0 Å². The molecular formula is C21H16N2O5. The summed E-state index contributed by atoms with van der Waals surface area (Å²) >= 11 is 0. The van der Waals surface area contributed by atoms with Crippen LogP contribution in [-0.4, -0.2) is 25.3 Å². The average molecular weight is 376 g/mol. The fourth-order valence-electron chi connectivity index (χ4n) is 2.97. The summed E-state index contributed by atoms with van der Waals surface area (Å²) in [5.74, 6) is -0.654. The second kappa shape index (κ2) is 6.62. The van der Waals surface area contributed by atoms with E-state index in [0.717, 1.165) is 0 Å². The number of nitrogens with one attached hydrogen (secondary N) is 1. The highest BCUT2D eigenvalue weighted by Crippen LogP contribution is 2.40. The number of phenolic OH excluding ortho intramolecular Hbond substituents is 2. The average Bonchev–Trinajstić information content (AvgIpc) is 3.12. The summed E-state index contributed by atoms with van der Waals surface area (Å²) in [5.41, 5.74) is 1.10. The molecule has 2 aromatic carbocycles. The third-order valence-corrected chi connectivity index (χ3v) is 4.29. The van der Waals surface area contributed by atoms with Gasteiger partial charge in [0.15, 0.2) is 17.3 Å². The van der Waals surface area contributed by atoms with Gasteiger partial charge in [-0.05, 0) is 19.1 Å². The lowest BCUT2D eigenvalue weighted by Crippen LogP contribution is -2.01. The van der Waals surface area contributed by atoms with Crippen LogP contribution in [0.1, 0.15) is 5.76 Å². The Morgan fingerprint density at radius 3 is 2.46 bits per heavy atom. The molecule has 0 aliphatic heterocycles. The number of hydrogen-bond acceptors (Lipinski definition) is 6. The van der Waals surface area contributed by atoms with E-state index >= 15 is 0 Å². The highest BCUT2D eigenvalue weighted by molar-refractivity contribution is 5.82. The van der Waals surface area contributed by atoms with Gasteiger partial charge in [0.05, 0.1) is 5.56 Å². The van der Waals surface area contributed by atoms with Crippen molar-refractivity contribution in [2.75, 3.05) is 0 Å². The normalized spacial score (nSPS) is 10.9. The summed E-state index contributed by atoms with van der Waals surface area (Å²) < 4.78 is 5.61. The van der Waals surface area contributed by atoms with Crippen LogP contribution in [0.15, 0.2) is 63.8 Å². The van der Waals surface area contributed by atoms with Crippen LogP contribution in [-0.2, 0) is 0 Å². The minimum atomic E-state index is -0.575. The van der Waals surface area contributed by atoms with Crippen molar-refractivity contribution in [2.45, 2.75) is 6.92 Å². The zero-order valence-electron chi connectivity index (χ0n) is 14.8. The van der Waals surface area contributed by atoms with Crippen molar-refractivity contribution < 1.29 is 19.7 Å². The van der Waals surface area contributed by atoms with Crippen LogP contribution in [0.2, 0.25) is 0 Å². The number of aromatic hydroxyl groups is 3. The van der Waals surface area contributed by atoms with Crippen LogP contribution in [0.5, 0.6) is 17.2 Å². The van der Waals surface area contributed by atoms with Gasteiger partial charge in [-0.25, -0.2) is 4.98 Å². The molecule has 0 aliphatic carbocycles. The number of imidazole rings is 1. The van der Waals surface area contributed by atoms with Crippen LogP contribution in [0.3, 0.4) is 0 Å². The van der Waals surface area contributed by atoms with Crippen LogP contribution < -0.4 is 5.43 Å². The Labute approximate surface area is 159 Å². The largest absolute Gasteiger partial charge is 0.504 e. The van der Waals surface area contributed by atoms with Gasteiger partial charge in [-0.15, -0.1) is 0 Å². The summed E-state index contributed by atoms with van der Waals surface area (Å²) in [4.78, 5) is 19.6. The van der Waals surface area contributed by atoms with Crippen LogP contribution in [0.25, 0.3) is 34.1 Å². The number of nitrogens with zero attached hydrogens (tertiary/aromatic N) is 1. The highest BCUT2D eigenvalue weighted by Gasteiger charge is 2.23. The first-order chi connectivity index (χ1) is 13.5. The SMILES string of the molecule is Cc1cc(=O)c(O)c(-c2[nH]c(-c3cccc(O)c3O)nc2-c2ccccc2)o1. The van der Waals surface area contributed by atoms with Gasteiger partial charge >= 0.3 is 0 Å². The lowest BCUT2D eigenvalue weighted by atomic mass is 10.1. The summed E-state index contributed by atoms with van der Waals surface area (Å²) in [6.45, 7) is 1.60. The van der Waals surface area contributed by atoms with E-state index in [1.807, 2.05) is 30.3 Å². The molecule has 28 heavy (non-hydrogen) atoms. The number of hydrogen-bond donors (Lipinski definition) is 4. The van der Waals surface area contributed by atoms with E-state index in [4.69, 9.17) is 4.42 Å². The smallest absolute Gasteiger partial charge is 0.227 e. The first kappa shape index (κ1) is 17.4. The Kier molecular flexibility index (Phi) is 4.12. The molecule has 0 saturated heterocycles. The fourth-order valence-corrected chi connectivity index (χ4v) is 2.97. The molecule has 0 unspecified atom stereocenters. The molecule has 0 atom stereocenters. The zero-order chi connectivity index (χ0) is 19.8. The van der Waals surface area contributed by atoms with E-state index in [2.05, 4.69) is 9.97 Å². The minimum absolute atomic E-state index is 0.0535. The number of H-pyrrole nitrogens is 1. The van der Waals surface area contributed by atoms with Crippen molar-refractivity contribution in [1.29, 1.82) is 0 Å². The van der Waals surface area contributed by atoms with Gasteiger partial charge in [0.1, 0.15) is 23.0 Å². The number of aryl methyl sites for hydroxylation is 1. The molecule has 140 valence electrons. The summed E-state index contributed by atoms with van der Waals surface area (Å²) in [5, 5.41) is 30.3. The Bertz CT molecular complexity index is 1230. The molecule has 0 fully saturated rings. The second-order valence-corrected chi connectivity index (χ2v) is 6.25. The molecule has 4 aromatic rings.